The van der Waals surface area contributed by atoms with Gasteiger partial charge in [0.05, 0.1) is 5.69 Å². The average molecular weight is 303 g/mol. The summed E-state index contributed by atoms with van der Waals surface area (Å²) in [6.07, 6.45) is 2.21. The lowest BCUT2D eigenvalue weighted by Crippen LogP contribution is -2.35. The number of hydrogen-bond acceptors (Lipinski definition) is 4. The molecule has 0 aliphatic carbocycles. The number of benzene rings is 1. The van der Waals surface area contributed by atoms with Crippen molar-refractivity contribution in [3.8, 4) is 11.3 Å². The number of aromatic nitrogens is 2. The third-order valence-corrected chi connectivity index (χ3v) is 3.92. The van der Waals surface area contributed by atoms with Crippen LogP contribution in [0.3, 0.4) is 0 Å². The molecular formula is C16H19ClN4. The predicted octanol–water partition coefficient (Wildman–Crippen LogP) is 3.27. The van der Waals surface area contributed by atoms with Gasteiger partial charge in [-0.05, 0) is 51.1 Å². The van der Waals surface area contributed by atoms with Gasteiger partial charge in [-0.3, -0.25) is 0 Å². The molecule has 2 N–H and O–H groups in total. The first-order valence-electron chi connectivity index (χ1n) is 7.29. The van der Waals surface area contributed by atoms with E-state index >= 15 is 0 Å². The van der Waals surface area contributed by atoms with E-state index in [1.807, 2.05) is 37.3 Å². The molecule has 0 bridgehead atoms. The Balaban J connectivity index is 1.83. The summed E-state index contributed by atoms with van der Waals surface area (Å²) in [6, 6.07) is 10.2. The van der Waals surface area contributed by atoms with Crippen molar-refractivity contribution in [2.45, 2.75) is 25.8 Å². The molecule has 0 atom stereocenters. The summed E-state index contributed by atoms with van der Waals surface area (Å²) in [6.45, 7) is 4.09. The summed E-state index contributed by atoms with van der Waals surface area (Å²) in [7, 11) is 0. The van der Waals surface area contributed by atoms with Gasteiger partial charge in [0.15, 0.2) is 0 Å². The highest BCUT2D eigenvalue weighted by molar-refractivity contribution is 6.30. The highest BCUT2D eigenvalue weighted by Gasteiger charge is 2.14. The van der Waals surface area contributed by atoms with E-state index in [0.29, 0.717) is 12.0 Å². The lowest BCUT2D eigenvalue weighted by molar-refractivity contribution is 0.477. The number of nitrogens with zero attached hydrogens (tertiary/aromatic N) is 2. The van der Waals surface area contributed by atoms with Crippen LogP contribution in [0.5, 0.6) is 0 Å². The quantitative estimate of drug-likeness (QED) is 0.913. The molecule has 0 radical (unpaired) electrons. The summed E-state index contributed by atoms with van der Waals surface area (Å²) in [4.78, 5) is 9.14. The molecule has 0 amide bonds. The van der Waals surface area contributed by atoms with Crippen LogP contribution in [-0.2, 0) is 0 Å². The van der Waals surface area contributed by atoms with Gasteiger partial charge in [-0.2, -0.15) is 0 Å². The van der Waals surface area contributed by atoms with Gasteiger partial charge in [-0.25, -0.2) is 9.97 Å². The van der Waals surface area contributed by atoms with E-state index in [-0.39, 0.29) is 0 Å². The van der Waals surface area contributed by atoms with Gasteiger partial charge in [-0.15, -0.1) is 0 Å². The van der Waals surface area contributed by atoms with Crippen LogP contribution in [0.1, 0.15) is 18.5 Å². The fourth-order valence-electron chi connectivity index (χ4n) is 2.55. The highest BCUT2D eigenvalue weighted by Crippen LogP contribution is 2.22. The molecule has 5 heteroatoms. The van der Waals surface area contributed by atoms with Crippen molar-refractivity contribution in [3.63, 3.8) is 0 Å². The molecule has 1 aromatic carbocycles. The lowest BCUT2D eigenvalue weighted by Gasteiger charge is -2.23. The molecule has 1 saturated heterocycles. The van der Waals surface area contributed by atoms with Gasteiger partial charge in [0.1, 0.15) is 0 Å². The monoisotopic (exact) mass is 302 g/mol. The van der Waals surface area contributed by atoms with Crippen molar-refractivity contribution in [2.75, 3.05) is 18.4 Å². The van der Waals surface area contributed by atoms with Crippen LogP contribution < -0.4 is 10.6 Å². The molecule has 3 rings (SSSR count). The van der Waals surface area contributed by atoms with Crippen molar-refractivity contribution >= 4 is 17.5 Å². The number of nitrogens with one attached hydrogen (secondary N) is 2. The molecule has 4 nitrogen and oxygen atoms in total. The van der Waals surface area contributed by atoms with Crippen LogP contribution >= 0.6 is 11.6 Å². The largest absolute Gasteiger partial charge is 0.351 e. The van der Waals surface area contributed by atoms with Crippen LogP contribution in [0.25, 0.3) is 11.3 Å². The fraction of sp³-hybridized carbons (Fsp3) is 0.375. The standard InChI is InChI=1S/C16H19ClN4/c1-11-10-15(12-2-4-13(17)5-3-12)21-16(19-11)20-14-6-8-18-9-7-14/h2-5,10,14,18H,6-9H2,1H3,(H,19,20,21). The number of halogens is 1. The Kier molecular flexibility index (Phi) is 4.36. The number of hydrogen-bond donors (Lipinski definition) is 2. The molecule has 0 unspecified atom stereocenters. The number of piperidine rings is 1. The summed E-state index contributed by atoms with van der Waals surface area (Å²) < 4.78 is 0. The molecular weight excluding hydrogens is 284 g/mol. The third kappa shape index (κ3) is 3.71. The average Bonchev–Trinajstić information content (AvgIpc) is 2.48. The normalized spacial score (nSPS) is 15.9. The zero-order valence-corrected chi connectivity index (χ0v) is 12.8. The first-order chi connectivity index (χ1) is 10.2. The van der Waals surface area contributed by atoms with Crippen LogP contribution in [0.15, 0.2) is 30.3 Å². The van der Waals surface area contributed by atoms with Gasteiger partial charge < -0.3 is 10.6 Å². The molecule has 1 aliphatic rings. The van der Waals surface area contributed by atoms with Crippen LogP contribution in [0.2, 0.25) is 5.02 Å². The zero-order valence-electron chi connectivity index (χ0n) is 12.1. The smallest absolute Gasteiger partial charge is 0.223 e. The minimum Gasteiger partial charge on any atom is -0.351 e. The second-order valence-electron chi connectivity index (χ2n) is 5.39. The molecule has 1 aliphatic heterocycles. The summed E-state index contributed by atoms with van der Waals surface area (Å²) >= 11 is 5.94. The van der Waals surface area contributed by atoms with E-state index in [0.717, 1.165) is 47.9 Å². The van der Waals surface area contributed by atoms with E-state index < -0.39 is 0 Å². The Hall–Kier alpha value is -1.65. The predicted molar refractivity (Wildman–Crippen MR) is 86.7 cm³/mol. The molecule has 110 valence electrons. The molecule has 2 heterocycles. The van der Waals surface area contributed by atoms with Crippen molar-refractivity contribution in [2.24, 2.45) is 0 Å². The van der Waals surface area contributed by atoms with Crippen LogP contribution in [-0.4, -0.2) is 29.1 Å². The molecule has 1 fully saturated rings. The van der Waals surface area contributed by atoms with E-state index in [1.54, 1.807) is 0 Å². The van der Waals surface area contributed by atoms with E-state index in [9.17, 15) is 0 Å². The first-order valence-corrected chi connectivity index (χ1v) is 7.67. The minimum absolute atomic E-state index is 0.450. The number of anilines is 1. The van der Waals surface area contributed by atoms with Crippen LogP contribution in [0, 0.1) is 6.92 Å². The maximum atomic E-state index is 5.94. The van der Waals surface area contributed by atoms with Gasteiger partial charge >= 0.3 is 0 Å². The van der Waals surface area contributed by atoms with E-state index in [4.69, 9.17) is 11.6 Å². The first kappa shape index (κ1) is 14.3. The van der Waals surface area contributed by atoms with Gasteiger partial charge in [-0.1, -0.05) is 23.7 Å². The minimum atomic E-state index is 0.450. The lowest BCUT2D eigenvalue weighted by atomic mass is 10.1. The molecule has 1 aromatic heterocycles. The topological polar surface area (TPSA) is 49.8 Å². The van der Waals surface area contributed by atoms with Crippen molar-refractivity contribution in [1.29, 1.82) is 0 Å². The number of rotatable bonds is 3. The second kappa shape index (κ2) is 6.41. The molecule has 21 heavy (non-hydrogen) atoms. The Morgan fingerprint density at radius 3 is 2.57 bits per heavy atom. The Labute approximate surface area is 130 Å². The van der Waals surface area contributed by atoms with Gasteiger partial charge in [0, 0.05) is 22.3 Å². The van der Waals surface area contributed by atoms with Crippen molar-refractivity contribution < 1.29 is 0 Å². The molecule has 2 aromatic rings. The van der Waals surface area contributed by atoms with Crippen molar-refractivity contribution in [3.05, 3.63) is 41.0 Å². The molecule has 0 spiro atoms. The SMILES string of the molecule is Cc1cc(-c2ccc(Cl)cc2)nc(NC2CCNCC2)n1. The van der Waals surface area contributed by atoms with Crippen LogP contribution in [0.4, 0.5) is 5.95 Å². The molecule has 0 saturated carbocycles. The highest BCUT2D eigenvalue weighted by atomic mass is 35.5. The maximum absolute atomic E-state index is 5.94. The Bertz CT molecular complexity index is 606. The maximum Gasteiger partial charge on any atom is 0.223 e. The number of aryl methyl sites for hydroxylation is 1. The fourth-order valence-corrected chi connectivity index (χ4v) is 2.68. The van der Waals surface area contributed by atoms with E-state index in [1.165, 1.54) is 0 Å². The zero-order chi connectivity index (χ0) is 14.7. The van der Waals surface area contributed by atoms with Gasteiger partial charge in [0.25, 0.3) is 0 Å². The van der Waals surface area contributed by atoms with Gasteiger partial charge in [0.2, 0.25) is 5.95 Å². The van der Waals surface area contributed by atoms with E-state index in [2.05, 4.69) is 20.6 Å². The Morgan fingerprint density at radius 1 is 1.14 bits per heavy atom. The summed E-state index contributed by atoms with van der Waals surface area (Å²) in [5.41, 5.74) is 2.94. The van der Waals surface area contributed by atoms with Crippen molar-refractivity contribution in [1.82, 2.24) is 15.3 Å². The summed E-state index contributed by atoms with van der Waals surface area (Å²) in [5.74, 6) is 0.715. The summed E-state index contributed by atoms with van der Waals surface area (Å²) in [5, 5.41) is 7.55. The Morgan fingerprint density at radius 2 is 1.86 bits per heavy atom. The third-order valence-electron chi connectivity index (χ3n) is 3.67. The second-order valence-corrected chi connectivity index (χ2v) is 5.83.